The van der Waals surface area contributed by atoms with Gasteiger partial charge in [0.05, 0.1) is 11.5 Å². The van der Waals surface area contributed by atoms with Crippen molar-refractivity contribution in [1.29, 1.82) is 0 Å². The summed E-state index contributed by atoms with van der Waals surface area (Å²) >= 11 is 0. The molecular weight excluding hydrogens is 254 g/mol. The molecule has 0 saturated heterocycles. The van der Waals surface area contributed by atoms with Crippen LogP contribution in [0.15, 0.2) is 42.5 Å². The van der Waals surface area contributed by atoms with Crippen LogP contribution in [-0.2, 0) is 6.61 Å². The molecule has 20 heavy (non-hydrogen) atoms. The first-order valence-corrected chi connectivity index (χ1v) is 6.07. The predicted molar refractivity (Wildman–Crippen MR) is 76.2 cm³/mol. The van der Waals surface area contributed by atoms with Gasteiger partial charge in [-0.15, -0.1) is 0 Å². The third-order valence-corrected chi connectivity index (χ3v) is 2.86. The number of hydrogen-bond donors (Lipinski definition) is 1. The first-order chi connectivity index (χ1) is 9.60. The van der Waals surface area contributed by atoms with Gasteiger partial charge in [0.15, 0.2) is 0 Å². The Labute approximate surface area is 116 Å². The maximum absolute atomic E-state index is 10.7. The van der Waals surface area contributed by atoms with E-state index in [2.05, 4.69) is 11.8 Å². The van der Waals surface area contributed by atoms with Crippen molar-refractivity contribution in [2.75, 3.05) is 0 Å². The van der Waals surface area contributed by atoms with Gasteiger partial charge >= 0.3 is 0 Å². The SMILES string of the molecule is Cc1ccc(C#Cc2ccc([N+](=O)[O-])cc2CO)cc1. The summed E-state index contributed by atoms with van der Waals surface area (Å²) < 4.78 is 0. The van der Waals surface area contributed by atoms with Crippen molar-refractivity contribution in [1.82, 2.24) is 0 Å². The summed E-state index contributed by atoms with van der Waals surface area (Å²) in [5.74, 6) is 5.91. The Kier molecular flexibility index (Phi) is 4.14. The van der Waals surface area contributed by atoms with Gasteiger partial charge in [-0.25, -0.2) is 0 Å². The lowest BCUT2D eigenvalue weighted by Crippen LogP contribution is -1.94. The molecule has 2 rings (SSSR count). The molecule has 4 heteroatoms. The highest BCUT2D eigenvalue weighted by Gasteiger charge is 2.08. The maximum Gasteiger partial charge on any atom is 0.269 e. The summed E-state index contributed by atoms with van der Waals surface area (Å²) in [5.41, 5.74) is 3.02. The number of aliphatic hydroxyl groups excluding tert-OH is 1. The number of aryl methyl sites for hydroxylation is 1. The first-order valence-electron chi connectivity index (χ1n) is 6.07. The van der Waals surface area contributed by atoms with Crippen LogP contribution in [0.4, 0.5) is 5.69 Å². The van der Waals surface area contributed by atoms with Gasteiger partial charge in [0.2, 0.25) is 0 Å². The number of non-ortho nitro benzene ring substituents is 1. The smallest absolute Gasteiger partial charge is 0.269 e. The van der Waals surface area contributed by atoms with E-state index < -0.39 is 4.92 Å². The van der Waals surface area contributed by atoms with Crippen LogP contribution in [0.25, 0.3) is 0 Å². The molecule has 0 heterocycles. The third-order valence-electron chi connectivity index (χ3n) is 2.86. The van der Waals surface area contributed by atoms with E-state index in [9.17, 15) is 15.2 Å². The fourth-order valence-electron chi connectivity index (χ4n) is 1.72. The summed E-state index contributed by atoms with van der Waals surface area (Å²) in [4.78, 5) is 10.2. The highest BCUT2D eigenvalue weighted by molar-refractivity contribution is 5.50. The highest BCUT2D eigenvalue weighted by Crippen LogP contribution is 2.17. The minimum absolute atomic E-state index is 0.0464. The Balaban J connectivity index is 2.34. The molecule has 0 radical (unpaired) electrons. The van der Waals surface area contributed by atoms with E-state index in [1.807, 2.05) is 31.2 Å². The Morgan fingerprint density at radius 1 is 1.15 bits per heavy atom. The van der Waals surface area contributed by atoms with Gasteiger partial charge in [0.25, 0.3) is 5.69 Å². The van der Waals surface area contributed by atoms with Crippen molar-refractivity contribution in [3.63, 3.8) is 0 Å². The zero-order valence-corrected chi connectivity index (χ0v) is 11.0. The Morgan fingerprint density at radius 3 is 2.45 bits per heavy atom. The molecule has 0 aliphatic rings. The van der Waals surface area contributed by atoms with E-state index in [0.29, 0.717) is 11.1 Å². The molecule has 0 aliphatic carbocycles. The third kappa shape index (κ3) is 3.22. The molecular formula is C16H13NO3. The summed E-state index contributed by atoms with van der Waals surface area (Å²) in [6.45, 7) is 1.72. The average Bonchev–Trinajstić information content (AvgIpc) is 2.46. The lowest BCUT2D eigenvalue weighted by atomic mass is 10.1. The fraction of sp³-hybridized carbons (Fsp3) is 0.125. The van der Waals surface area contributed by atoms with Crippen molar-refractivity contribution in [2.24, 2.45) is 0 Å². The van der Waals surface area contributed by atoms with Gasteiger partial charge in [-0.3, -0.25) is 10.1 Å². The fourth-order valence-corrected chi connectivity index (χ4v) is 1.72. The van der Waals surface area contributed by atoms with Crippen LogP contribution in [0.5, 0.6) is 0 Å². The van der Waals surface area contributed by atoms with Crippen LogP contribution in [0.3, 0.4) is 0 Å². The minimum Gasteiger partial charge on any atom is -0.392 e. The summed E-state index contributed by atoms with van der Waals surface area (Å²) in [6, 6.07) is 12.0. The van der Waals surface area contributed by atoms with Crippen molar-refractivity contribution >= 4 is 5.69 Å². The van der Waals surface area contributed by atoms with Gasteiger partial charge < -0.3 is 5.11 Å². The van der Waals surface area contributed by atoms with E-state index in [4.69, 9.17) is 0 Å². The molecule has 0 unspecified atom stereocenters. The number of nitrogens with zero attached hydrogens (tertiary/aromatic N) is 1. The molecule has 2 aromatic rings. The number of benzene rings is 2. The summed E-state index contributed by atoms with van der Waals surface area (Å²) in [7, 11) is 0. The van der Waals surface area contributed by atoms with Crippen LogP contribution >= 0.6 is 0 Å². The Hall–Kier alpha value is -2.64. The second kappa shape index (κ2) is 6.00. The van der Waals surface area contributed by atoms with Gasteiger partial charge in [-0.1, -0.05) is 29.5 Å². The molecule has 0 saturated carbocycles. The molecule has 0 fully saturated rings. The predicted octanol–water partition coefficient (Wildman–Crippen LogP) is 2.80. The van der Waals surface area contributed by atoms with Crippen LogP contribution in [0.2, 0.25) is 0 Å². The normalized spacial score (nSPS) is 9.70. The van der Waals surface area contributed by atoms with Gasteiger partial charge in [-0.2, -0.15) is 0 Å². The van der Waals surface area contributed by atoms with Gasteiger partial charge in [0.1, 0.15) is 0 Å². The second-order valence-electron chi connectivity index (χ2n) is 4.37. The van der Waals surface area contributed by atoms with E-state index in [1.54, 1.807) is 6.07 Å². The number of rotatable bonds is 2. The largest absolute Gasteiger partial charge is 0.392 e. The molecule has 0 bridgehead atoms. The Bertz CT molecular complexity index is 694. The van der Waals surface area contributed by atoms with Gasteiger partial charge in [0, 0.05) is 23.3 Å². The topological polar surface area (TPSA) is 63.4 Å². The zero-order valence-electron chi connectivity index (χ0n) is 11.0. The zero-order chi connectivity index (χ0) is 14.5. The first kappa shape index (κ1) is 13.8. The molecule has 1 N–H and O–H groups in total. The number of nitro benzene ring substituents is 1. The molecule has 0 aromatic heterocycles. The van der Waals surface area contributed by atoms with Crippen molar-refractivity contribution in [2.45, 2.75) is 13.5 Å². The van der Waals surface area contributed by atoms with E-state index >= 15 is 0 Å². The highest BCUT2D eigenvalue weighted by atomic mass is 16.6. The Morgan fingerprint density at radius 2 is 1.85 bits per heavy atom. The van der Waals surface area contributed by atoms with Crippen molar-refractivity contribution < 1.29 is 10.0 Å². The van der Waals surface area contributed by atoms with E-state index in [1.165, 1.54) is 12.1 Å². The minimum atomic E-state index is -0.490. The molecule has 0 atom stereocenters. The van der Waals surface area contributed by atoms with Gasteiger partial charge in [-0.05, 0) is 30.7 Å². The monoisotopic (exact) mass is 267 g/mol. The van der Waals surface area contributed by atoms with E-state index in [-0.39, 0.29) is 12.3 Å². The van der Waals surface area contributed by atoms with Crippen LogP contribution in [-0.4, -0.2) is 10.0 Å². The molecule has 4 nitrogen and oxygen atoms in total. The number of hydrogen-bond acceptors (Lipinski definition) is 3. The summed E-state index contributed by atoms with van der Waals surface area (Å²) in [5, 5.41) is 19.9. The quantitative estimate of drug-likeness (QED) is 0.517. The second-order valence-corrected chi connectivity index (χ2v) is 4.37. The molecule has 100 valence electrons. The van der Waals surface area contributed by atoms with E-state index in [0.717, 1.165) is 11.1 Å². The van der Waals surface area contributed by atoms with Crippen LogP contribution < -0.4 is 0 Å². The molecule has 0 aliphatic heterocycles. The molecule has 0 spiro atoms. The number of aliphatic hydroxyl groups is 1. The summed E-state index contributed by atoms with van der Waals surface area (Å²) in [6.07, 6.45) is 0. The standard InChI is InChI=1S/C16H13NO3/c1-12-2-4-13(5-3-12)6-7-14-8-9-16(17(19)20)10-15(14)11-18/h2-5,8-10,18H,11H2,1H3. The molecule has 0 amide bonds. The van der Waals surface area contributed by atoms with Crippen molar-refractivity contribution in [3.8, 4) is 11.8 Å². The van der Waals surface area contributed by atoms with Crippen LogP contribution in [0.1, 0.15) is 22.3 Å². The lowest BCUT2D eigenvalue weighted by Gasteiger charge is -2.00. The lowest BCUT2D eigenvalue weighted by molar-refractivity contribution is -0.384. The molecule has 2 aromatic carbocycles. The van der Waals surface area contributed by atoms with Crippen LogP contribution in [0, 0.1) is 28.9 Å². The number of nitro groups is 1. The van der Waals surface area contributed by atoms with Crippen molar-refractivity contribution in [3.05, 3.63) is 74.8 Å². The maximum atomic E-state index is 10.7. The average molecular weight is 267 g/mol.